The summed E-state index contributed by atoms with van der Waals surface area (Å²) in [4.78, 5) is 0. The summed E-state index contributed by atoms with van der Waals surface area (Å²) in [6.07, 6.45) is 0. The molecule has 4 nitrogen and oxygen atoms in total. The van der Waals surface area contributed by atoms with Crippen molar-refractivity contribution in [1.29, 1.82) is 0 Å². The third-order valence-corrected chi connectivity index (χ3v) is 0.908. The third-order valence-electron chi connectivity index (χ3n) is 0.908. The molecular formula is C6H18N4. The summed E-state index contributed by atoms with van der Waals surface area (Å²) in [5, 5.41) is 3.35. The van der Waals surface area contributed by atoms with Crippen LogP contribution in [0.5, 0.6) is 0 Å². The number of rotatable bonds is 0. The first-order chi connectivity index (χ1) is 4.48. The van der Waals surface area contributed by atoms with Crippen LogP contribution < -0.4 is 17.3 Å². The minimum Gasteiger partial charge on any atom is -0.385 e. The average molecular weight is 146 g/mol. The Morgan fingerprint density at radius 1 is 1.20 bits per heavy atom. The molecule has 0 unspecified atom stereocenters. The van der Waals surface area contributed by atoms with Gasteiger partial charge in [-0.15, -0.1) is 0 Å². The normalized spacial score (nSPS) is 11.9. The van der Waals surface area contributed by atoms with Crippen LogP contribution in [-0.4, -0.2) is 12.9 Å². The van der Waals surface area contributed by atoms with E-state index in [1.165, 1.54) is 7.05 Å². The number of hydrazone groups is 1. The van der Waals surface area contributed by atoms with Gasteiger partial charge < -0.3 is 17.3 Å². The molecule has 0 saturated carbocycles. The van der Waals surface area contributed by atoms with Gasteiger partial charge in [-0.25, -0.2) is 0 Å². The van der Waals surface area contributed by atoms with Crippen LogP contribution in [0.3, 0.4) is 0 Å². The van der Waals surface area contributed by atoms with Gasteiger partial charge in [0.1, 0.15) is 5.84 Å². The van der Waals surface area contributed by atoms with Crippen LogP contribution in [0.2, 0.25) is 0 Å². The molecule has 0 aliphatic heterocycles. The first kappa shape index (κ1) is 12.0. The molecule has 0 spiro atoms. The molecule has 0 radical (unpaired) electrons. The Morgan fingerprint density at radius 2 is 1.50 bits per heavy atom. The molecule has 0 aromatic carbocycles. The fourth-order valence-corrected chi connectivity index (χ4v) is 0.194. The van der Waals surface area contributed by atoms with Gasteiger partial charge in [0.15, 0.2) is 0 Å². The van der Waals surface area contributed by atoms with Gasteiger partial charge in [-0.2, -0.15) is 5.10 Å². The van der Waals surface area contributed by atoms with Gasteiger partial charge in [0.2, 0.25) is 0 Å². The standard InChI is InChI=1S/C5H13N3.CH5N/c1-5(2,3)4(6)8-7;1-2/h7H2,1-3H3,(H2,6,8);2H2,1H3. The summed E-state index contributed by atoms with van der Waals surface area (Å²) in [7, 11) is 1.50. The molecule has 0 aromatic rings. The van der Waals surface area contributed by atoms with Crippen molar-refractivity contribution in [2.24, 2.45) is 27.8 Å². The molecule has 0 aliphatic carbocycles. The Hall–Kier alpha value is -0.770. The molecule has 0 bridgehead atoms. The second-order valence-corrected chi connectivity index (χ2v) is 2.76. The molecule has 62 valence electrons. The van der Waals surface area contributed by atoms with Gasteiger partial charge in [0, 0.05) is 5.41 Å². The smallest absolute Gasteiger partial charge is 0.124 e. The van der Waals surface area contributed by atoms with Crippen LogP contribution in [0.25, 0.3) is 0 Å². The summed E-state index contributed by atoms with van der Waals surface area (Å²) in [6.45, 7) is 5.87. The zero-order valence-electron chi connectivity index (χ0n) is 7.18. The van der Waals surface area contributed by atoms with E-state index in [1.54, 1.807) is 0 Å². The second kappa shape index (κ2) is 5.05. The van der Waals surface area contributed by atoms with Crippen molar-refractivity contribution in [2.45, 2.75) is 20.8 Å². The molecule has 0 atom stereocenters. The molecular weight excluding hydrogens is 128 g/mol. The summed E-state index contributed by atoms with van der Waals surface area (Å²) in [5.74, 6) is 5.40. The average Bonchev–Trinajstić information content (AvgIpc) is 1.89. The Balaban J connectivity index is 0. The van der Waals surface area contributed by atoms with Crippen LogP contribution >= 0.6 is 0 Å². The number of nitrogens with two attached hydrogens (primary N) is 3. The highest BCUT2D eigenvalue weighted by Crippen LogP contribution is 2.11. The Bertz CT molecular complexity index is 101. The lowest BCUT2D eigenvalue weighted by molar-refractivity contribution is 0.582. The highest BCUT2D eigenvalue weighted by molar-refractivity contribution is 5.85. The van der Waals surface area contributed by atoms with Crippen LogP contribution in [0, 0.1) is 5.41 Å². The van der Waals surface area contributed by atoms with Gasteiger partial charge in [-0.05, 0) is 7.05 Å². The molecule has 4 heteroatoms. The van der Waals surface area contributed by atoms with Crippen LogP contribution in [0.15, 0.2) is 5.10 Å². The largest absolute Gasteiger partial charge is 0.385 e. The van der Waals surface area contributed by atoms with Gasteiger partial charge in [0.25, 0.3) is 0 Å². The molecule has 0 aliphatic rings. The van der Waals surface area contributed by atoms with Gasteiger partial charge in [0.05, 0.1) is 0 Å². The van der Waals surface area contributed by atoms with Gasteiger partial charge in [-0.3, -0.25) is 0 Å². The minimum absolute atomic E-state index is 0.0885. The lowest BCUT2D eigenvalue weighted by atomic mass is 9.96. The van der Waals surface area contributed by atoms with Crippen molar-refractivity contribution in [3.05, 3.63) is 0 Å². The van der Waals surface area contributed by atoms with E-state index in [0.717, 1.165) is 0 Å². The van der Waals surface area contributed by atoms with Crippen molar-refractivity contribution < 1.29 is 0 Å². The quantitative estimate of drug-likeness (QED) is 0.192. The van der Waals surface area contributed by atoms with Crippen molar-refractivity contribution in [2.75, 3.05) is 7.05 Å². The monoisotopic (exact) mass is 146 g/mol. The van der Waals surface area contributed by atoms with E-state index < -0.39 is 0 Å². The molecule has 10 heavy (non-hydrogen) atoms. The lowest BCUT2D eigenvalue weighted by Crippen LogP contribution is -2.29. The molecule has 6 N–H and O–H groups in total. The maximum Gasteiger partial charge on any atom is 0.124 e. The molecule has 0 fully saturated rings. The molecule has 0 aromatic heterocycles. The van der Waals surface area contributed by atoms with Crippen molar-refractivity contribution in [3.63, 3.8) is 0 Å². The van der Waals surface area contributed by atoms with E-state index in [-0.39, 0.29) is 5.41 Å². The van der Waals surface area contributed by atoms with Crippen LogP contribution in [0.1, 0.15) is 20.8 Å². The van der Waals surface area contributed by atoms with E-state index in [2.05, 4.69) is 10.8 Å². The lowest BCUT2D eigenvalue weighted by Gasteiger charge is -2.15. The second-order valence-electron chi connectivity index (χ2n) is 2.76. The topological polar surface area (TPSA) is 90.4 Å². The SMILES string of the molecule is CC(C)(C)/C(N)=N/N.CN. The van der Waals surface area contributed by atoms with Gasteiger partial charge in [-0.1, -0.05) is 20.8 Å². The third kappa shape index (κ3) is 5.37. The molecule has 0 rings (SSSR count). The van der Waals surface area contributed by atoms with Gasteiger partial charge >= 0.3 is 0 Å². The zero-order chi connectivity index (χ0) is 8.78. The highest BCUT2D eigenvalue weighted by Gasteiger charge is 2.14. The Labute approximate surface area is 62.5 Å². The first-order valence-electron chi connectivity index (χ1n) is 3.10. The minimum atomic E-state index is -0.0885. The van der Waals surface area contributed by atoms with Crippen LogP contribution in [-0.2, 0) is 0 Å². The summed E-state index contributed by atoms with van der Waals surface area (Å²) in [5.41, 5.74) is 9.79. The van der Waals surface area contributed by atoms with Crippen molar-refractivity contribution >= 4 is 5.84 Å². The summed E-state index contributed by atoms with van der Waals surface area (Å²) >= 11 is 0. The van der Waals surface area contributed by atoms with Crippen molar-refractivity contribution in [3.8, 4) is 0 Å². The van der Waals surface area contributed by atoms with Crippen LogP contribution in [0.4, 0.5) is 0 Å². The fraction of sp³-hybridized carbons (Fsp3) is 0.833. The number of nitrogens with zero attached hydrogens (tertiary/aromatic N) is 1. The molecule has 0 saturated heterocycles. The predicted octanol–water partition coefficient (Wildman–Crippen LogP) is -0.162. The number of amidine groups is 1. The Morgan fingerprint density at radius 3 is 1.50 bits per heavy atom. The number of hydrogen-bond donors (Lipinski definition) is 3. The van der Waals surface area contributed by atoms with Crippen molar-refractivity contribution in [1.82, 2.24) is 0 Å². The predicted molar refractivity (Wildman–Crippen MR) is 45.4 cm³/mol. The van der Waals surface area contributed by atoms with E-state index >= 15 is 0 Å². The maximum atomic E-state index is 5.38. The van der Waals surface area contributed by atoms with E-state index in [1.807, 2.05) is 20.8 Å². The summed E-state index contributed by atoms with van der Waals surface area (Å²) < 4.78 is 0. The first-order valence-corrected chi connectivity index (χ1v) is 3.10. The zero-order valence-corrected chi connectivity index (χ0v) is 7.18. The number of hydrogen-bond acceptors (Lipinski definition) is 3. The molecule has 0 heterocycles. The van der Waals surface area contributed by atoms with E-state index in [9.17, 15) is 0 Å². The Kier molecular flexibility index (Phi) is 6.04. The fourth-order valence-electron chi connectivity index (χ4n) is 0.194. The molecule has 0 amide bonds. The van der Waals surface area contributed by atoms with E-state index in [0.29, 0.717) is 5.84 Å². The summed E-state index contributed by atoms with van der Waals surface area (Å²) in [6, 6.07) is 0. The maximum absolute atomic E-state index is 5.38. The van der Waals surface area contributed by atoms with E-state index in [4.69, 9.17) is 11.6 Å². The highest BCUT2D eigenvalue weighted by atomic mass is 15.2.